The van der Waals surface area contributed by atoms with E-state index in [4.69, 9.17) is 5.11 Å². The second kappa shape index (κ2) is 6.80. The fourth-order valence-electron chi connectivity index (χ4n) is 1.88. The lowest BCUT2D eigenvalue weighted by Gasteiger charge is -2.08. The Morgan fingerprint density at radius 2 is 1.67 bits per heavy atom. The van der Waals surface area contributed by atoms with Crippen LogP contribution in [0.1, 0.15) is 16.7 Å². The Balaban J connectivity index is 1.99. The Morgan fingerprint density at radius 3 is 2.33 bits per heavy atom. The Bertz CT molecular complexity index is 699. The molecule has 0 bridgehead atoms. The SMILES string of the molecule is O=S(=O)(Cc1ccc(F)cc1)NCc1cccc(CO)c1. The van der Waals surface area contributed by atoms with Gasteiger partial charge in [0.25, 0.3) is 0 Å². The molecule has 0 spiro atoms. The van der Waals surface area contributed by atoms with Gasteiger partial charge >= 0.3 is 0 Å². The lowest BCUT2D eigenvalue weighted by atomic mass is 10.1. The van der Waals surface area contributed by atoms with Gasteiger partial charge in [-0.3, -0.25) is 0 Å². The molecule has 112 valence electrons. The third-order valence-corrected chi connectivity index (χ3v) is 4.24. The number of hydrogen-bond acceptors (Lipinski definition) is 3. The molecular formula is C15H16FNO3S. The normalized spacial score (nSPS) is 11.5. The summed E-state index contributed by atoms with van der Waals surface area (Å²) in [4.78, 5) is 0. The summed E-state index contributed by atoms with van der Waals surface area (Å²) in [6, 6.07) is 12.4. The highest BCUT2D eigenvalue weighted by atomic mass is 32.2. The maximum atomic E-state index is 12.8. The first-order valence-corrected chi connectivity index (χ1v) is 8.04. The van der Waals surface area contributed by atoms with Crippen molar-refractivity contribution in [3.8, 4) is 0 Å². The van der Waals surface area contributed by atoms with Crippen LogP contribution in [0, 0.1) is 5.82 Å². The second-order valence-corrected chi connectivity index (χ2v) is 6.49. The van der Waals surface area contributed by atoms with E-state index in [0.29, 0.717) is 5.56 Å². The van der Waals surface area contributed by atoms with Gasteiger partial charge in [0, 0.05) is 6.54 Å². The van der Waals surface area contributed by atoms with Gasteiger partial charge in [0.15, 0.2) is 0 Å². The third-order valence-electron chi connectivity index (χ3n) is 2.94. The van der Waals surface area contributed by atoms with Crippen LogP contribution in [-0.2, 0) is 28.9 Å². The van der Waals surface area contributed by atoms with Crippen LogP contribution in [0.25, 0.3) is 0 Å². The molecule has 0 atom stereocenters. The van der Waals surface area contributed by atoms with E-state index in [1.807, 2.05) is 0 Å². The van der Waals surface area contributed by atoms with Crippen LogP contribution in [0.5, 0.6) is 0 Å². The number of nitrogens with one attached hydrogen (secondary N) is 1. The lowest BCUT2D eigenvalue weighted by molar-refractivity contribution is 0.281. The minimum Gasteiger partial charge on any atom is -0.392 e. The van der Waals surface area contributed by atoms with Gasteiger partial charge in [-0.25, -0.2) is 17.5 Å². The van der Waals surface area contributed by atoms with Crippen molar-refractivity contribution in [2.45, 2.75) is 18.9 Å². The highest BCUT2D eigenvalue weighted by Gasteiger charge is 2.11. The first kappa shape index (κ1) is 15.6. The quantitative estimate of drug-likeness (QED) is 0.857. The van der Waals surface area contributed by atoms with Crippen LogP contribution in [-0.4, -0.2) is 13.5 Å². The predicted octanol–water partition coefficient (Wildman–Crippen LogP) is 1.94. The van der Waals surface area contributed by atoms with Gasteiger partial charge < -0.3 is 5.11 Å². The number of halogens is 1. The summed E-state index contributed by atoms with van der Waals surface area (Å²) in [7, 11) is -3.50. The number of aliphatic hydroxyl groups is 1. The minimum absolute atomic E-state index is 0.0871. The molecule has 0 aromatic heterocycles. The summed E-state index contributed by atoms with van der Waals surface area (Å²) < 4.78 is 39.2. The number of rotatable bonds is 6. The van der Waals surface area contributed by atoms with Crippen molar-refractivity contribution < 1.29 is 17.9 Å². The van der Waals surface area contributed by atoms with Crippen LogP contribution in [0.4, 0.5) is 4.39 Å². The van der Waals surface area contributed by atoms with Gasteiger partial charge in [0.2, 0.25) is 10.0 Å². The Kier molecular flexibility index (Phi) is 5.06. The average Bonchev–Trinajstić information content (AvgIpc) is 2.48. The molecule has 0 saturated heterocycles. The van der Waals surface area contributed by atoms with E-state index in [1.54, 1.807) is 24.3 Å². The maximum Gasteiger partial charge on any atom is 0.216 e. The highest BCUT2D eigenvalue weighted by Crippen LogP contribution is 2.09. The van der Waals surface area contributed by atoms with E-state index in [0.717, 1.165) is 11.1 Å². The Morgan fingerprint density at radius 1 is 1.00 bits per heavy atom. The molecule has 2 rings (SSSR count). The molecule has 0 saturated carbocycles. The number of aliphatic hydroxyl groups excluding tert-OH is 1. The van der Waals surface area contributed by atoms with E-state index >= 15 is 0 Å². The average molecular weight is 309 g/mol. The maximum absolute atomic E-state index is 12.8. The molecule has 0 amide bonds. The van der Waals surface area contributed by atoms with Crippen molar-refractivity contribution in [1.82, 2.24) is 4.72 Å². The smallest absolute Gasteiger partial charge is 0.216 e. The minimum atomic E-state index is -3.50. The van der Waals surface area contributed by atoms with Gasteiger partial charge in [-0.2, -0.15) is 0 Å². The van der Waals surface area contributed by atoms with Crippen LogP contribution in [0.15, 0.2) is 48.5 Å². The summed E-state index contributed by atoms with van der Waals surface area (Å²) >= 11 is 0. The molecule has 2 aromatic carbocycles. The third kappa shape index (κ3) is 4.93. The zero-order valence-electron chi connectivity index (χ0n) is 11.3. The van der Waals surface area contributed by atoms with Gasteiger partial charge in [0.1, 0.15) is 5.82 Å². The monoisotopic (exact) mass is 309 g/mol. The molecule has 2 aromatic rings. The topological polar surface area (TPSA) is 66.4 Å². The molecule has 4 nitrogen and oxygen atoms in total. The highest BCUT2D eigenvalue weighted by molar-refractivity contribution is 7.88. The van der Waals surface area contributed by atoms with Crippen molar-refractivity contribution in [3.05, 3.63) is 71.0 Å². The first-order chi connectivity index (χ1) is 9.98. The van der Waals surface area contributed by atoms with Gasteiger partial charge in [-0.1, -0.05) is 36.4 Å². The van der Waals surface area contributed by atoms with E-state index in [1.165, 1.54) is 24.3 Å². The summed E-state index contributed by atoms with van der Waals surface area (Å²) in [5.41, 5.74) is 2.02. The summed E-state index contributed by atoms with van der Waals surface area (Å²) in [5, 5.41) is 9.04. The zero-order valence-corrected chi connectivity index (χ0v) is 12.1. The molecule has 0 unspecified atom stereocenters. The number of hydrogen-bond donors (Lipinski definition) is 2. The zero-order chi connectivity index (χ0) is 15.3. The Hall–Kier alpha value is -1.76. The molecule has 0 radical (unpaired) electrons. The van der Waals surface area contributed by atoms with Gasteiger partial charge in [-0.15, -0.1) is 0 Å². The van der Waals surface area contributed by atoms with Crippen LogP contribution in [0.2, 0.25) is 0 Å². The van der Waals surface area contributed by atoms with Crippen molar-refractivity contribution in [1.29, 1.82) is 0 Å². The van der Waals surface area contributed by atoms with E-state index in [-0.39, 0.29) is 18.9 Å². The van der Waals surface area contributed by atoms with Crippen LogP contribution >= 0.6 is 0 Å². The molecule has 0 aliphatic carbocycles. The number of sulfonamides is 1. The molecule has 21 heavy (non-hydrogen) atoms. The standard InChI is InChI=1S/C15H16FNO3S/c16-15-6-4-12(5-7-15)11-21(19,20)17-9-13-2-1-3-14(8-13)10-18/h1-8,17-18H,9-11H2. The first-order valence-electron chi connectivity index (χ1n) is 6.39. The summed E-state index contributed by atoms with van der Waals surface area (Å²) in [6.45, 7) is 0.0630. The summed E-state index contributed by atoms with van der Waals surface area (Å²) in [5.74, 6) is -0.600. The van der Waals surface area contributed by atoms with Crippen molar-refractivity contribution in [3.63, 3.8) is 0 Å². The van der Waals surface area contributed by atoms with Crippen molar-refractivity contribution in [2.75, 3.05) is 0 Å². The van der Waals surface area contributed by atoms with Gasteiger partial charge in [0.05, 0.1) is 12.4 Å². The van der Waals surface area contributed by atoms with E-state index in [2.05, 4.69) is 4.72 Å². The lowest BCUT2D eigenvalue weighted by Crippen LogP contribution is -2.24. The van der Waals surface area contributed by atoms with Crippen molar-refractivity contribution in [2.24, 2.45) is 0 Å². The van der Waals surface area contributed by atoms with E-state index in [9.17, 15) is 12.8 Å². The summed E-state index contributed by atoms with van der Waals surface area (Å²) in [6.07, 6.45) is 0. The molecule has 0 heterocycles. The Labute approximate surface area is 123 Å². The van der Waals surface area contributed by atoms with E-state index < -0.39 is 15.8 Å². The van der Waals surface area contributed by atoms with Crippen molar-refractivity contribution >= 4 is 10.0 Å². The van der Waals surface area contributed by atoms with Crippen LogP contribution in [0.3, 0.4) is 0 Å². The fraction of sp³-hybridized carbons (Fsp3) is 0.200. The number of benzene rings is 2. The molecule has 0 aliphatic rings. The molecule has 6 heteroatoms. The fourth-order valence-corrected chi connectivity index (χ4v) is 3.00. The predicted molar refractivity (Wildman–Crippen MR) is 78.2 cm³/mol. The molecule has 0 fully saturated rings. The molecule has 0 aliphatic heterocycles. The van der Waals surface area contributed by atoms with Gasteiger partial charge in [-0.05, 0) is 28.8 Å². The molecule has 2 N–H and O–H groups in total. The second-order valence-electron chi connectivity index (χ2n) is 4.68. The molecular weight excluding hydrogens is 293 g/mol. The largest absolute Gasteiger partial charge is 0.392 e. The van der Waals surface area contributed by atoms with Crippen LogP contribution < -0.4 is 4.72 Å².